The molecule has 0 aliphatic heterocycles. The first-order valence-corrected chi connectivity index (χ1v) is 8.16. The summed E-state index contributed by atoms with van der Waals surface area (Å²) in [6, 6.07) is 13.8. The SMILES string of the molecule is O=C(O)[C@@H]1[C@H]2CC[C@@H](C2)[C@H]1C(=O)Nc1ccc2ccccc2c1. The Morgan fingerprint density at radius 3 is 2.39 bits per heavy atom. The smallest absolute Gasteiger partial charge is 0.307 e. The first kappa shape index (κ1) is 14.2. The summed E-state index contributed by atoms with van der Waals surface area (Å²) in [6.45, 7) is 0. The summed E-state index contributed by atoms with van der Waals surface area (Å²) >= 11 is 0. The Labute approximate surface area is 134 Å². The molecule has 2 aromatic carbocycles. The minimum Gasteiger partial charge on any atom is -0.481 e. The summed E-state index contributed by atoms with van der Waals surface area (Å²) < 4.78 is 0. The molecule has 2 bridgehead atoms. The molecule has 0 saturated heterocycles. The molecule has 4 rings (SSSR count). The number of anilines is 1. The van der Waals surface area contributed by atoms with Crippen LogP contribution >= 0.6 is 0 Å². The third-order valence-electron chi connectivity index (χ3n) is 5.52. The summed E-state index contributed by atoms with van der Waals surface area (Å²) in [7, 11) is 0. The largest absolute Gasteiger partial charge is 0.481 e. The second-order valence-corrected chi connectivity index (χ2v) is 6.77. The zero-order chi connectivity index (χ0) is 16.0. The fourth-order valence-electron chi connectivity index (χ4n) is 4.52. The highest BCUT2D eigenvalue weighted by atomic mass is 16.4. The van der Waals surface area contributed by atoms with Gasteiger partial charge in [-0.05, 0) is 54.0 Å². The van der Waals surface area contributed by atoms with Crippen LogP contribution in [-0.2, 0) is 9.59 Å². The topological polar surface area (TPSA) is 66.4 Å². The number of carboxylic acid groups (broad SMARTS) is 1. The van der Waals surface area contributed by atoms with Crippen LogP contribution in [0.3, 0.4) is 0 Å². The van der Waals surface area contributed by atoms with Crippen LogP contribution in [0.2, 0.25) is 0 Å². The molecule has 0 radical (unpaired) electrons. The lowest BCUT2D eigenvalue weighted by Crippen LogP contribution is -2.37. The van der Waals surface area contributed by atoms with Gasteiger partial charge >= 0.3 is 5.97 Å². The number of aliphatic carboxylic acids is 1. The first-order chi connectivity index (χ1) is 11.1. The van der Waals surface area contributed by atoms with Gasteiger partial charge in [-0.2, -0.15) is 0 Å². The molecule has 2 aliphatic carbocycles. The number of hydrogen-bond acceptors (Lipinski definition) is 2. The van der Waals surface area contributed by atoms with Gasteiger partial charge < -0.3 is 10.4 Å². The van der Waals surface area contributed by atoms with Crippen LogP contribution in [0.5, 0.6) is 0 Å². The molecule has 0 spiro atoms. The molecule has 23 heavy (non-hydrogen) atoms. The summed E-state index contributed by atoms with van der Waals surface area (Å²) in [4.78, 5) is 24.2. The van der Waals surface area contributed by atoms with Gasteiger partial charge in [0.2, 0.25) is 5.91 Å². The van der Waals surface area contributed by atoms with Gasteiger partial charge in [-0.1, -0.05) is 30.3 Å². The van der Waals surface area contributed by atoms with E-state index in [9.17, 15) is 14.7 Å². The van der Waals surface area contributed by atoms with E-state index in [1.54, 1.807) is 0 Å². The molecular formula is C19H19NO3. The number of amides is 1. The van der Waals surface area contributed by atoms with E-state index in [0.717, 1.165) is 35.7 Å². The molecule has 0 aromatic heterocycles. The van der Waals surface area contributed by atoms with Crippen molar-refractivity contribution in [1.82, 2.24) is 0 Å². The second kappa shape index (κ2) is 5.37. The van der Waals surface area contributed by atoms with Crippen molar-refractivity contribution in [2.75, 3.05) is 5.32 Å². The number of rotatable bonds is 3. The number of fused-ring (bicyclic) bond motifs is 3. The average molecular weight is 309 g/mol. The van der Waals surface area contributed by atoms with Crippen LogP contribution in [0.4, 0.5) is 5.69 Å². The first-order valence-electron chi connectivity index (χ1n) is 8.16. The van der Waals surface area contributed by atoms with Gasteiger partial charge in [0.1, 0.15) is 0 Å². The number of nitrogens with one attached hydrogen (secondary N) is 1. The second-order valence-electron chi connectivity index (χ2n) is 6.77. The fourth-order valence-corrected chi connectivity index (χ4v) is 4.52. The maximum atomic E-state index is 12.7. The number of carbonyl (C=O) groups is 2. The summed E-state index contributed by atoms with van der Waals surface area (Å²) in [5.41, 5.74) is 0.737. The highest BCUT2D eigenvalue weighted by molar-refractivity contribution is 5.98. The van der Waals surface area contributed by atoms with Crippen molar-refractivity contribution in [2.24, 2.45) is 23.7 Å². The van der Waals surface area contributed by atoms with Crippen molar-refractivity contribution in [3.8, 4) is 0 Å². The van der Waals surface area contributed by atoms with Gasteiger partial charge in [0, 0.05) is 5.69 Å². The zero-order valence-electron chi connectivity index (χ0n) is 12.7. The van der Waals surface area contributed by atoms with Gasteiger partial charge in [0.15, 0.2) is 0 Å². The van der Waals surface area contributed by atoms with Crippen LogP contribution in [0.1, 0.15) is 19.3 Å². The maximum Gasteiger partial charge on any atom is 0.307 e. The molecule has 0 heterocycles. The molecule has 0 unspecified atom stereocenters. The average Bonchev–Trinajstić information content (AvgIpc) is 3.15. The Kier molecular flexibility index (Phi) is 3.33. The van der Waals surface area contributed by atoms with E-state index in [2.05, 4.69) is 5.32 Å². The van der Waals surface area contributed by atoms with Gasteiger partial charge in [0.05, 0.1) is 11.8 Å². The Hall–Kier alpha value is -2.36. The zero-order valence-corrected chi connectivity index (χ0v) is 12.7. The van der Waals surface area contributed by atoms with Crippen molar-refractivity contribution >= 4 is 28.3 Å². The molecule has 2 fully saturated rings. The third-order valence-corrected chi connectivity index (χ3v) is 5.52. The Bertz CT molecular complexity index is 785. The molecule has 2 saturated carbocycles. The molecule has 1 amide bonds. The van der Waals surface area contributed by atoms with Gasteiger partial charge in [-0.3, -0.25) is 9.59 Å². The summed E-state index contributed by atoms with van der Waals surface area (Å²) in [5.74, 6) is -1.48. The molecule has 2 aliphatic rings. The van der Waals surface area contributed by atoms with Crippen LogP contribution in [0, 0.1) is 23.7 Å². The molecule has 2 N–H and O–H groups in total. The van der Waals surface area contributed by atoms with Crippen LogP contribution in [0.15, 0.2) is 42.5 Å². The van der Waals surface area contributed by atoms with E-state index < -0.39 is 17.8 Å². The molecule has 4 atom stereocenters. The highest BCUT2D eigenvalue weighted by Crippen LogP contribution is 2.52. The van der Waals surface area contributed by atoms with Gasteiger partial charge in [-0.15, -0.1) is 0 Å². The predicted octanol–water partition coefficient (Wildman–Crippen LogP) is 3.53. The quantitative estimate of drug-likeness (QED) is 0.911. The van der Waals surface area contributed by atoms with Crippen molar-refractivity contribution in [1.29, 1.82) is 0 Å². The molecule has 4 nitrogen and oxygen atoms in total. The van der Waals surface area contributed by atoms with Crippen LogP contribution in [-0.4, -0.2) is 17.0 Å². The minimum absolute atomic E-state index is 0.139. The monoisotopic (exact) mass is 309 g/mol. The molecule has 118 valence electrons. The van der Waals surface area contributed by atoms with E-state index in [-0.39, 0.29) is 17.7 Å². The van der Waals surface area contributed by atoms with E-state index in [1.807, 2.05) is 42.5 Å². The van der Waals surface area contributed by atoms with E-state index in [4.69, 9.17) is 0 Å². The highest BCUT2D eigenvalue weighted by Gasteiger charge is 2.53. The maximum absolute atomic E-state index is 12.7. The molecule has 4 heteroatoms. The minimum atomic E-state index is -0.823. The Morgan fingerprint density at radius 2 is 1.65 bits per heavy atom. The lowest BCUT2D eigenvalue weighted by molar-refractivity contribution is -0.148. The van der Waals surface area contributed by atoms with Crippen LogP contribution < -0.4 is 5.32 Å². The normalized spacial score (nSPS) is 28.9. The number of benzene rings is 2. The standard InChI is InChI=1S/C19H19NO3/c21-18(16-13-5-6-14(9-13)17(16)19(22)23)20-15-8-7-11-3-1-2-4-12(11)10-15/h1-4,7-8,10,13-14,16-17H,5-6,9H2,(H,20,21)(H,22,23)/t13-,14-,16+,17+/m0/s1. The Balaban J connectivity index is 1.57. The van der Waals surface area contributed by atoms with Gasteiger partial charge in [0.25, 0.3) is 0 Å². The lowest BCUT2D eigenvalue weighted by atomic mass is 9.78. The van der Waals surface area contributed by atoms with Crippen LogP contribution in [0.25, 0.3) is 10.8 Å². The molecular weight excluding hydrogens is 290 g/mol. The van der Waals surface area contributed by atoms with Crippen molar-refractivity contribution in [3.63, 3.8) is 0 Å². The van der Waals surface area contributed by atoms with E-state index >= 15 is 0 Å². The Morgan fingerprint density at radius 1 is 0.957 bits per heavy atom. The number of hydrogen-bond donors (Lipinski definition) is 2. The van der Waals surface area contributed by atoms with Crippen molar-refractivity contribution in [3.05, 3.63) is 42.5 Å². The number of carboxylic acids is 1. The van der Waals surface area contributed by atoms with E-state index in [1.165, 1.54) is 0 Å². The van der Waals surface area contributed by atoms with Gasteiger partial charge in [-0.25, -0.2) is 0 Å². The predicted molar refractivity (Wildman–Crippen MR) is 88.0 cm³/mol. The third kappa shape index (κ3) is 2.38. The fraction of sp³-hybridized carbons (Fsp3) is 0.368. The van der Waals surface area contributed by atoms with Crippen molar-refractivity contribution in [2.45, 2.75) is 19.3 Å². The van der Waals surface area contributed by atoms with Crippen molar-refractivity contribution < 1.29 is 14.7 Å². The number of carbonyl (C=O) groups excluding carboxylic acids is 1. The molecule has 2 aromatic rings. The lowest BCUT2D eigenvalue weighted by Gasteiger charge is -2.27. The van der Waals surface area contributed by atoms with E-state index in [0.29, 0.717) is 0 Å². The summed E-state index contributed by atoms with van der Waals surface area (Å²) in [6.07, 6.45) is 2.80. The summed E-state index contributed by atoms with van der Waals surface area (Å²) in [5, 5.41) is 14.6.